The average molecular weight is 263 g/mol. The maximum Gasteiger partial charge on any atom is 0.181 e. The molecule has 0 aromatic carbocycles. The van der Waals surface area contributed by atoms with Gasteiger partial charge in [-0.15, -0.1) is 11.3 Å². The third-order valence-corrected chi connectivity index (χ3v) is 3.29. The number of rotatable bonds is 1. The van der Waals surface area contributed by atoms with Gasteiger partial charge in [0.05, 0.1) is 15.6 Å². The van der Waals surface area contributed by atoms with Gasteiger partial charge in [0.15, 0.2) is 16.8 Å². The molecule has 0 aliphatic rings. The summed E-state index contributed by atoms with van der Waals surface area (Å²) in [6.07, 6.45) is 0. The summed E-state index contributed by atoms with van der Waals surface area (Å²) in [6, 6.07) is 1.72. The summed E-state index contributed by atoms with van der Waals surface area (Å²) >= 11 is 12.8. The number of aromatic nitrogens is 2. The largest absolute Gasteiger partial charge is 0.229 e. The van der Waals surface area contributed by atoms with Gasteiger partial charge in [-0.3, -0.25) is 0 Å². The van der Waals surface area contributed by atoms with Gasteiger partial charge in [-0.25, -0.2) is 14.4 Å². The molecule has 0 aliphatic heterocycles. The van der Waals surface area contributed by atoms with E-state index in [2.05, 4.69) is 9.97 Å². The van der Waals surface area contributed by atoms with E-state index in [0.29, 0.717) is 10.8 Å². The van der Waals surface area contributed by atoms with Crippen molar-refractivity contribution in [3.8, 4) is 10.7 Å². The molecule has 2 rings (SSSR count). The molecule has 0 fully saturated rings. The summed E-state index contributed by atoms with van der Waals surface area (Å²) in [5, 5.41) is 2.20. The van der Waals surface area contributed by atoms with Gasteiger partial charge in [0.1, 0.15) is 0 Å². The number of thiophene rings is 1. The Morgan fingerprint density at radius 1 is 1.33 bits per heavy atom. The molecular formula is C9H5Cl2FN2S. The van der Waals surface area contributed by atoms with E-state index < -0.39 is 5.82 Å². The van der Waals surface area contributed by atoms with Crippen LogP contribution in [0.1, 0.15) is 5.69 Å². The van der Waals surface area contributed by atoms with Crippen molar-refractivity contribution in [1.29, 1.82) is 0 Å². The Kier molecular flexibility index (Phi) is 2.91. The predicted octanol–water partition coefficient (Wildman–Crippen LogP) is 3.96. The smallest absolute Gasteiger partial charge is 0.181 e. The van der Waals surface area contributed by atoms with Gasteiger partial charge in [-0.2, -0.15) is 0 Å². The van der Waals surface area contributed by atoms with Crippen molar-refractivity contribution in [2.45, 2.75) is 6.92 Å². The van der Waals surface area contributed by atoms with Crippen LogP contribution < -0.4 is 0 Å². The molecule has 0 atom stereocenters. The molecule has 2 heterocycles. The fraction of sp³-hybridized carbons (Fsp3) is 0.111. The summed E-state index contributed by atoms with van der Waals surface area (Å²) in [5.74, 6) is -0.182. The second-order valence-corrected chi connectivity index (χ2v) is 4.57. The highest BCUT2D eigenvalue weighted by molar-refractivity contribution is 7.14. The molecule has 0 unspecified atom stereocenters. The van der Waals surface area contributed by atoms with Crippen molar-refractivity contribution in [2.24, 2.45) is 0 Å². The van der Waals surface area contributed by atoms with Crippen LogP contribution in [0, 0.1) is 12.7 Å². The molecule has 2 aromatic heterocycles. The number of hydrogen-bond donors (Lipinski definition) is 0. The molecule has 2 aromatic rings. The van der Waals surface area contributed by atoms with E-state index in [1.54, 1.807) is 18.4 Å². The first-order valence-electron chi connectivity index (χ1n) is 4.02. The van der Waals surface area contributed by atoms with E-state index in [0.717, 1.165) is 4.88 Å². The van der Waals surface area contributed by atoms with Crippen LogP contribution in [0.5, 0.6) is 0 Å². The number of hydrogen-bond acceptors (Lipinski definition) is 3. The van der Waals surface area contributed by atoms with Crippen LogP contribution in [0.2, 0.25) is 10.2 Å². The first kappa shape index (κ1) is 10.8. The first-order chi connectivity index (χ1) is 7.08. The van der Waals surface area contributed by atoms with Crippen LogP contribution in [-0.2, 0) is 0 Å². The second kappa shape index (κ2) is 4.04. The lowest BCUT2D eigenvalue weighted by atomic mass is 10.4. The molecule has 0 spiro atoms. The van der Waals surface area contributed by atoms with Crippen molar-refractivity contribution in [2.75, 3.05) is 0 Å². The van der Waals surface area contributed by atoms with Gasteiger partial charge in [0, 0.05) is 5.38 Å². The standard InChI is InChI=1S/C9H5Cl2FN2S/c1-4-7(12)8(11)14-9(13-4)6-2-5(10)3-15-6/h2-3H,1H3. The number of aryl methyl sites for hydroxylation is 1. The molecule has 15 heavy (non-hydrogen) atoms. The van der Waals surface area contributed by atoms with Crippen LogP contribution in [-0.4, -0.2) is 9.97 Å². The SMILES string of the molecule is Cc1nc(-c2cc(Cl)cs2)nc(Cl)c1F. The van der Waals surface area contributed by atoms with E-state index in [1.165, 1.54) is 11.3 Å². The van der Waals surface area contributed by atoms with E-state index in [1.807, 2.05) is 0 Å². The molecular weight excluding hydrogens is 258 g/mol. The Hall–Kier alpha value is -0.710. The Bertz CT molecular complexity index is 490. The fourth-order valence-electron chi connectivity index (χ4n) is 1.06. The lowest BCUT2D eigenvalue weighted by molar-refractivity contribution is 0.603. The molecule has 0 bridgehead atoms. The zero-order valence-electron chi connectivity index (χ0n) is 7.59. The van der Waals surface area contributed by atoms with E-state index in [4.69, 9.17) is 23.2 Å². The van der Waals surface area contributed by atoms with Crippen LogP contribution in [0.4, 0.5) is 4.39 Å². The fourth-order valence-corrected chi connectivity index (χ4v) is 2.29. The predicted molar refractivity (Wildman–Crippen MR) is 60.1 cm³/mol. The van der Waals surface area contributed by atoms with Gasteiger partial charge in [0.2, 0.25) is 0 Å². The minimum atomic E-state index is -0.580. The van der Waals surface area contributed by atoms with Gasteiger partial charge < -0.3 is 0 Å². The molecule has 0 aliphatic carbocycles. The quantitative estimate of drug-likeness (QED) is 0.728. The third kappa shape index (κ3) is 2.12. The van der Waals surface area contributed by atoms with E-state index >= 15 is 0 Å². The van der Waals surface area contributed by atoms with Crippen molar-refractivity contribution in [1.82, 2.24) is 9.97 Å². The zero-order valence-corrected chi connectivity index (χ0v) is 9.92. The molecule has 0 radical (unpaired) electrons. The molecule has 0 saturated heterocycles. The van der Waals surface area contributed by atoms with Gasteiger partial charge in [0.25, 0.3) is 0 Å². The van der Waals surface area contributed by atoms with Crippen molar-refractivity contribution in [3.05, 3.63) is 33.1 Å². The van der Waals surface area contributed by atoms with Crippen LogP contribution in [0.15, 0.2) is 11.4 Å². The van der Waals surface area contributed by atoms with Gasteiger partial charge in [-0.1, -0.05) is 23.2 Å². The highest BCUT2D eigenvalue weighted by Crippen LogP contribution is 2.28. The topological polar surface area (TPSA) is 25.8 Å². The number of halogens is 3. The summed E-state index contributed by atoms with van der Waals surface area (Å²) in [4.78, 5) is 8.62. The number of nitrogens with zero attached hydrogens (tertiary/aromatic N) is 2. The average Bonchev–Trinajstić information content (AvgIpc) is 2.60. The summed E-state index contributed by atoms with van der Waals surface area (Å²) in [5.41, 5.74) is 0.231. The zero-order chi connectivity index (χ0) is 11.0. The third-order valence-electron chi connectivity index (χ3n) is 1.76. The molecule has 0 amide bonds. The maximum atomic E-state index is 13.2. The van der Waals surface area contributed by atoms with E-state index in [9.17, 15) is 4.39 Å². The summed E-state index contributed by atoms with van der Waals surface area (Å²) in [7, 11) is 0. The van der Waals surface area contributed by atoms with Crippen molar-refractivity contribution < 1.29 is 4.39 Å². The Morgan fingerprint density at radius 2 is 2.07 bits per heavy atom. The van der Waals surface area contributed by atoms with Gasteiger partial charge >= 0.3 is 0 Å². The monoisotopic (exact) mass is 262 g/mol. The minimum Gasteiger partial charge on any atom is -0.229 e. The molecule has 6 heteroatoms. The lowest BCUT2D eigenvalue weighted by Crippen LogP contribution is -1.96. The van der Waals surface area contributed by atoms with Crippen LogP contribution in [0.25, 0.3) is 10.7 Å². The van der Waals surface area contributed by atoms with Gasteiger partial charge in [-0.05, 0) is 13.0 Å². The maximum absolute atomic E-state index is 13.2. The Balaban J connectivity index is 2.55. The Morgan fingerprint density at radius 3 is 2.60 bits per heavy atom. The molecule has 78 valence electrons. The summed E-state index contributed by atoms with van der Waals surface area (Å²) in [6.45, 7) is 1.54. The minimum absolute atomic E-state index is 0.165. The normalized spacial score (nSPS) is 10.7. The Labute approximate surface area is 99.7 Å². The first-order valence-corrected chi connectivity index (χ1v) is 5.65. The molecule has 2 nitrogen and oxygen atoms in total. The second-order valence-electron chi connectivity index (χ2n) is 2.87. The lowest BCUT2D eigenvalue weighted by Gasteiger charge is -2.00. The van der Waals surface area contributed by atoms with E-state index in [-0.39, 0.29) is 10.8 Å². The molecule has 0 saturated carbocycles. The van der Waals surface area contributed by atoms with Crippen LogP contribution >= 0.6 is 34.5 Å². The van der Waals surface area contributed by atoms with Crippen molar-refractivity contribution >= 4 is 34.5 Å². The summed E-state index contributed by atoms with van der Waals surface area (Å²) < 4.78 is 13.2. The van der Waals surface area contributed by atoms with Crippen LogP contribution in [0.3, 0.4) is 0 Å². The highest BCUT2D eigenvalue weighted by atomic mass is 35.5. The van der Waals surface area contributed by atoms with Crippen molar-refractivity contribution in [3.63, 3.8) is 0 Å². The highest BCUT2D eigenvalue weighted by Gasteiger charge is 2.11. The molecule has 0 N–H and O–H groups in total.